The van der Waals surface area contributed by atoms with Crippen LogP contribution in [0.3, 0.4) is 0 Å². The van der Waals surface area contributed by atoms with Crippen LogP contribution >= 0.6 is 27.5 Å². The van der Waals surface area contributed by atoms with Crippen LogP contribution in [0.25, 0.3) is 0 Å². The van der Waals surface area contributed by atoms with Crippen LogP contribution in [-0.2, 0) is 12.6 Å². The smallest absolute Gasteiger partial charge is 0.198 e. The zero-order valence-corrected chi connectivity index (χ0v) is 9.54. The van der Waals surface area contributed by atoms with E-state index in [-0.39, 0.29) is 21.5 Å². The minimum Gasteiger partial charge on any atom is -0.198 e. The maximum Gasteiger partial charge on any atom is 0.417 e. The molecule has 0 aliphatic rings. The summed E-state index contributed by atoms with van der Waals surface area (Å²) in [4.78, 5) is 0. The lowest BCUT2D eigenvalue weighted by Gasteiger charge is -2.11. The average molecular weight is 298 g/mol. The van der Waals surface area contributed by atoms with Gasteiger partial charge in [-0.2, -0.15) is 18.4 Å². The molecule has 6 heteroatoms. The third kappa shape index (κ3) is 2.86. The van der Waals surface area contributed by atoms with Crippen LogP contribution in [-0.4, -0.2) is 0 Å². The van der Waals surface area contributed by atoms with E-state index in [0.717, 1.165) is 6.07 Å². The Morgan fingerprint density at radius 2 is 2.00 bits per heavy atom. The van der Waals surface area contributed by atoms with E-state index >= 15 is 0 Å². The van der Waals surface area contributed by atoms with Crippen molar-refractivity contribution in [1.82, 2.24) is 0 Å². The number of rotatable bonds is 1. The van der Waals surface area contributed by atoms with Gasteiger partial charge in [-0.05, 0) is 33.6 Å². The second kappa shape index (κ2) is 4.42. The average Bonchev–Trinajstić information content (AvgIpc) is 2.09. The number of nitrogens with zero attached hydrogens (tertiary/aromatic N) is 1. The largest absolute Gasteiger partial charge is 0.417 e. The zero-order chi connectivity index (χ0) is 11.6. The van der Waals surface area contributed by atoms with Crippen molar-refractivity contribution in [3.8, 4) is 6.07 Å². The number of hydrogen-bond donors (Lipinski definition) is 0. The van der Waals surface area contributed by atoms with Gasteiger partial charge < -0.3 is 0 Å². The molecular weight excluding hydrogens is 294 g/mol. The maximum atomic E-state index is 12.5. The molecule has 0 heterocycles. The number of alkyl halides is 3. The van der Waals surface area contributed by atoms with E-state index in [0.29, 0.717) is 0 Å². The molecule has 1 aromatic rings. The lowest BCUT2D eigenvalue weighted by Crippen LogP contribution is -2.07. The Morgan fingerprint density at radius 1 is 1.40 bits per heavy atom. The fourth-order valence-electron chi connectivity index (χ4n) is 1.04. The van der Waals surface area contributed by atoms with Gasteiger partial charge >= 0.3 is 6.18 Å². The predicted molar refractivity (Wildman–Crippen MR) is 53.5 cm³/mol. The molecule has 1 nitrogen and oxygen atoms in total. The second-order valence-electron chi connectivity index (χ2n) is 2.77. The Hall–Kier alpha value is -0.730. The van der Waals surface area contributed by atoms with Crippen LogP contribution in [0, 0.1) is 11.3 Å². The number of benzene rings is 1. The van der Waals surface area contributed by atoms with Gasteiger partial charge in [-0.1, -0.05) is 11.6 Å². The van der Waals surface area contributed by atoms with E-state index in [1.807, 2.05) is 0 Å². The van der Waals surface area contributed by atoms with E-state index in [9.17, 15) is 13.2 Å². The van der Waals surface area contributed by atoms with Crippen LogP contribution in [0.15, 0.2) is 16.6 Å². The molecule has 1 aromatic carbocycles. The molecule has 0 atom stereocenters. The molecule has 0 amide bonds. The Morgan fingerprint density at radius 3 is 2.47 bits per heavy atom. The van der Waals surface area contributed by atoms with E-state index in [1.165, 1.54) is 6.07 Å². The fourth-order valence-corrected chi connectivity index (χ4v) is 1.74. The van der Waals surface area contributed by atoms with Crippen LogP contribution < -0.4 is 0 Å². The van der Waals surface area contributed by atoms with Crippen molar-refractivity contribution in [3.05, 3.63) is 32.8 Å². The summed E-state index contributed by atoms with van der Waals surface area (Å²) in [5.41, 5.74) is -0.613. The standard InChI is InChI=1S/C9H4BrClF3N/c10-8-6(9(12,13)14)3-5(1-2-15)4-7(8)11/h3-4H,1H2. The van der Waals surface area contributed by atoms with E-state index in [1.54, 1.807) is 6.07 Å². The van der Waals surface area contributed by atoms with Crippen molar-refractivity contribution < 1.29 is 13.2 Å². The molecular formula is C9H4BrClF3N. The molecule has 0 spiro atoms. The molecule has 0 N–H and O–H groups in total. The minimum absolute atomic E-state index is 0.0462. The minimum atomic E-state index is -4.48. The summed E-state index contributed by atoms with van der Waals surface area (Å²) >= 11 is 8.37. The molecule has 80 valence electrons. The second-order valence-corrected chi connectivity index (χ2v) is 3.97. The molecule has 15 heavy (non-hydrogen) atoms. The molecule has 0 saturated heterocycles. The van der Waals surface area contributed by atoms with Crippen molar-refractivity contribution in [3.63, 3.8) is 0 Å². The summed E-state index contributed by atoms with van der Waals surface area (Å²) in [7, 11) is 0. The van der Waals surface area contributed by atoms with Crippen molar-refractivity contribution >= 4 is 27.5 Å². The molecule has 0 aliphatic heterocycles. The van der Waals surface area contributed by atoms with Gasteiger partial charge in [0.25, 0.3) is 0 Å². The van der Waals surface area contributed by atoms with Crippen LogP contribution in [0.2, 0.25) is 5.02 Å². The van der Waals surface area contributed by atoms with Crippen molar-refractivity contribution in [1.29, 1.82) is 5.26 Å². The van der Waals surface area contributed by atoms with Gasteiger partial charge in [0.15, 0.2) is 0 Å². The lowest BCUT2D eigenvalue weighted by molar-refractivity contribution is -0.138. The third-order valence-electron chi connectivity index (χ3n) is 1.68. The topological polar surface area (TPSA) is 23.8 Å². The molecule has 0 saturated carbocycles. The fraction of sp³-hybridized carbons (Fsp3) is 0.222. The summed E-state index contributed by atoms with van der Waals surface area (Å²) in [5, 5.41) is 8.34. The first kappa shape index (κ1) is 12.3. The highest BCUT2D eigenvalue weighted by Gasteiger charge is 2.34. The molecule has 0 radical (unpaired) electrons. The zero-order valence-electron chi connectivity index (χ0n) is 7.20. The highest BCUT2D eigenvalue weighted by molar-refractivity contribution is 9.10. The highest BCUT2D eigenvalue weighted by Crippen LogP contribution is 2.39. The SMILES string of the molecule is N#CCc1cc(Cl)c(Br)c(C(F)(F)F)c1. The Bertz CT molecular complexity index is 423. The van der Waals surface area contributed by atoms with Crippen LogP contribution in [0.4, 0.5) is 13.2 Å². The Balaban J connectivity index is 3.33. The summed E-state index contributed by atoms with van der Waals surface area (Å²) < 4.78 is 37.2. The first-order valence-corrected chi connectivity index (χ1v) is 4.95. The summed E-state index contributed by atoms with van der Waals surface area (Å²) in [5.74, 6) is 0. The Kier molecular flexibility index (Phi) is 3.63. The van der Waals surface area contributed by atoms with Gasteiger partial charge in [-0.25, -0.2) is 0 Å². The first-order valence-electron chi connectivity index (χ1n) is 3.78. The molecule has 0 unspecified atom stereocenters. The molecule has 0 fully saturated rings. The molecule has 0 aliphatic carbocycles. The van der Waals surface area contributed by atoms with Gasteiger partial charge in [-0.3, -0.25) is 0 Å². The molecule has 1 rings (SSSR count). The van der Waals surface area contributed by atoms with Crippen LogP contribution in [0.1, 0.15) is 11.1 Å². The van der Waals surface area contributed by atoms with Crippen molar-refractivity contribution in [2.75, 3.05) is 0 Å². The first-order chi connectivity index (χ1) is 6.86. The third-order valence-corrected chi connectivity index (χ3v) is 3.06. The lowest BCUT2D eigenvalue weighted by atomic mass is 10.1. The van der Waals surface area contributed by atoms with Gasteiger partial charge in [0, 0.05) is 4.47 Å². The number of nitriles is 1. The van der Waals surface area contributed by atoms with E-state index in [4.69, 9.17) is 16.9 Å². The summed E-state index contributed by atoms with van der Waals surface area (Å²) in [6, 6.07) is 4.02. The van der Waals surface area contributed by atoms with E-state index in [2.05, 4.69) is 15.9 Å². The van der Waals surface area contributed by atoms with Crippen LogP contribution in [0.5, 0.6) is 0 Å². The van der Waals surface area contributed by atoms with Crippen molar-refractivity contribution in [2.24, 2.45) is 0 Å². The Labute approximate surface area is 97.6 Å². The predicted octanol–water partition coefficient (Wildman–Crippen LogP) is 4.19. The van der Waals surface area contributed by atoms with Gasteiger partial charge in [-0.15, -0.1) is 0 Å². The van der Waals surface area contributed by atoms with E-state index < -0.39 is 11.7 Å². The maximum absolute atomic E-state index is 12.5. The summed E-state index contributed by atoms with van der Waals surface area (Å²) in [6.45, 7) is 0. The molecule has 0 bridgehead atoms. The van der Waals surface area contributed by atoms with Gasteiger partial charge in [0.2, 0.25) is 0 Å². The van der Waals surface area contributed by atoms with Gasteiger partial charge in [0.1, 0.15) is 0 Å². The summed E-state index contributed by atoms with van der Waals surface area (Å²) in [6.07, 6.45) is -4.58. The quantitative estimate of drug-likeness (QED) is 0.762. The molecule has 0 aromatic heterocycles. The van der Waals surface area contributed by atoms with Crippen molar-refractivity contribution in [2.45, 2.75) is 12.6 Å². The highest BCUT2D eigenvalue weighted by atomic mass is 79.9. The number of halogens is 5. The normalized spacial score (nSPS) is 11.2. The monoisotopic (exact) mass is 297 g/mol. The number of hydrogen-bond acceptors (Lipinski definition) is 1. The van der Waals surface area contributed by atoms with Gasteiger partial charge in [0.05, 0.1) is 23.1 Å².